The number of hydrogen-bond acceptors (Lipinski definition) is 7. The molecule has 0 spiro atoms. The minimum atomic E-state index is -0.437. The molecule has 2 heterocycles. The van der Waals surface area contributed by atoms with Gasteiger partial charge in [-0.2, -0.15) is 0 Å². The van der Waals surface area contributed by atoms with Gasteiger partial charge in [0.1, 0.15) is 21.9 Å². The minimum Gasteiger partial charge on any atom is -0.465 e. The Hall–Kier alpha value is -1.89. The molecule has 3 rings (SSSR count). The fourth-order valence-electron chi connectivity index (χ4n) is 1.73. The molecule has 2 aromatic rings. The average Bonchev–Trinajstić information content (AvgIpc) is 3.12. The zero-order valence-corrected chi connectivity index (χ0v) is 10.6. The van der Waals surface area contributed by atoms with Crippen LogP contribution in [0.3, 0.4) is 0 Å². The number of nitrogens with one attached hydrogen (secondary N) is 1. The second kappa shape index (κ2) is 4.09. The molecule has 6 nitrogen and oxygen atoms in total. The molecule has 0 radical (unpaired) electrons. The van der Waals surface area contributed by atoms with Gasteiger partial charge in [-0.1, -0.05) is 0 Å². The lowest BCUT2D eigenvalue weighted by atomic mass is 10.3. The predicted octanol–water partition coefficient (Wildman–Crippen LogP) is 1.63. The number of aromatic nitrogens is 2. The van der Waals surface area contributed by atoms with E-state index in [0.717, 1.165) is 18.2 Å². The van der Waals surface area contributed by atoms with E-state index in [9.17, 15) is 4.79 Å². The van der Waals surface area contributed by atoms with Crippen molar-refractivity contribution in [3.05, 3.63) is 11.2 Å². The number of carbonyl (C=O) groups excluding carboxylic acids is 1. The van der Waals surface area contributed by atoms with Crippen LogP contribution in [0.25, 0.3) is 10.2 Å². The molecular formula is C11H12N4O2S. The van der Waals surface area contributed by atoms with Crippen LogP contribution < -0.4 is 11.1 Å². The van der Waals surface area contributed by atoms with Gasteiger partial charge in [-0.25, -0.2) is 14.8 Å². The quantitative estimate of drug-likeness (QED) is 0.819. The van der Waals surface area contributed by atoms with Crippen LogP contribution in [0, 0.1) is 0 Å². The summed E-state index contributed by atoms with van der Waals surface area (Å²) in [6.45, 7) is 0. The molecule has 7 heteroatoms. The Bertz CT molecular complexity index is 621. The van der Waals surface area contributed by atoms with E-state index in [1.165, 1.54) is 24.8 Å². The Labute approximate surface area is 107 Å². The van der Waals surface area contributed by atoms with Crippen LogP contribution in [0.2, 0.25) is 0 Å². The number of rotatable bonds is 3. The maximum absolute atomic E-state index is 11.6. The number of methoxy groups -OCH3 is 1. The highest BCUT2D eigenvalue weighted by Crippen LogP contribution is 2.37. The summed E-state index contributed by atoms with van der Waals surface area (Å²) in [6.07, 6.45) is 3.75. The van der Waals surface area contributed by atoms with Crippen molar-refractivity contribution in [3.8, 4) is 0 Å². The number of anilines is 2. The fourth-order valence-corrected chi connectivity index (χ4v) is 2.71. The first-order valence-corrected chi connectivity index (χ1v) is 6.40. The van der Waals surface area contributed by atoms with E-state index in [4.69, 9.17) is 10.5 Å². The third kappa shape index (κ3) is 1.76. The van der Waals surface area contributed by atoms with Crippen molar-refractivity contribution < 1.29 is 9.53 Å². The molecule has 0 bridgehead atoms. The van der Waals surface area contributed by atoms with Crippen molar-refractivity contribution in [1.29, 1.82) is 0 Å². The van der Waals surface area contributed by atoms with E-state index in [2.05, 4.69) is 15.3 Å². The van der Waals surface area contributed by atoms with Crippen molar-refractivity contribution in [2.75, 3.05) is 18.2 Å². The SMILES string of the molecule is COC(=O)c1sc2ncnc(NC3CC3)c2c1N. The number of carbonyl (C=O) groups is 1. The van der Waals surface area contributed by atoms with E-state index < -0.39 is 5.97 Å². The molecule has 1 fully saturated rings. The van der Waals surface area contributed by atoms with Crippen LogP contribution >= 0.6 is 11.3 Å². The number of nitrogens with two attached hydrogens (primary N) is 1. The molecule has 0 aliphatic heterocycles. The van der Waals surface area contributed by atoms with Crippen LogP contribution in [-0.4, -0.2) is 29.1 Å². The number of nitrogens with zero attached hydrogens (tertiary/aromatic N) is 2. The van der Waals surface area contributed by atoms with Crippen LogP contribution in [0.5, 0.6) is 0 Å². The van der Waals surface area contributed by atoms with E-state index in [-0.39, 0.29) is 0 Å². The number of thiophene rings is 1. The molecule has 0 atom stereocenters. The molecule has 1 aliphatic rings. The highest BCUT2D eigenvalue weighted by Gasteiger charge is 2.25. The third-order valence-electron chi connectivity index (χ3n) is 2.81. The average molecular weight is 264 g/mol. The van der Waals surface area contributed by atoms with Crippen molar-refractivity contribution in [3.63, 3.8) is 0 Å². The van der Waals surface area contributed by atoms with Crippen molar-refractivity contribution in [1.82, 2.24) is 9.97 Å². The molecule has 0 aromatic carbocycles. The van der Waals surface area contributed by atoms with Gasteiger partial charge in [0.2, 0.25) is 0 Å². The maximum Gasteiger partial charge on any atom is 0.350 e. The molecule has 0 saturated heterocycles. The zero-order valence-electron chi connectivity index (χ0n) is 9.77. The third-order valence-corrected chi connectivity index (χ3v) is 3.91. The van der Waals surface area contributed by atoms with Crippen molar-refractivity contribution in [2.24, 2.45) is 0 Å². The molecule has 18 heavy (non-hydrogen) atoms. The van der Waals surface area contributed by atoms with Crippen molar-refractivity contribution in [2.45, 2.75) is 18.9 Å². The second-order valence-electron chi connectivity index (χ2n) is 4.16. The van der Waals surface area contributed by atoms with Gasteiger partial charge in [-0.05, 0) is 12.8 Å². The molecule has 0 amide bonds. The largest absolute Gasteiger partial charge is 0.465 e. The van der Waals surface area contributed by atoms with E-state index >= 15 is 0 Å². The van der Waals surface area contributed by atoms with Crippen LogP contribution in [0.15, 0.2) is 6.33 Å². The van der Waals surface area contributed by atoms with Gasteiger partial charge in [0, 0.05) is 6.04 Å². The number of ether oxygens (including phenoxy) is 1. The topological polar surface area (TPSA) is 90.1 Å². The summed E-state index contributed by atoms with van der Waals surface area (Å²) in [5.74, 6) is 0.263. The van der Waals surface area contributed by atoms with Gasteiger partial charge < -0.3 is 15.8 Å². The zero-order chi connectivity index (χ0) is 12.7. The normalized spacial score (nSPS) is 14.7. The lowest BCUT2D eigenvalue weighted by molar-refractivity contribution is 0.0607. The van der Waals surface area contributed by atoms with Gasteiger partial charge >= 0.3 is 5.97 Å². The molecule has 94 valence electrons. The lowest BCUT2D eigenvalue weighted by Crippen LogP contribution is -2.05. The molecular weight excluding hydrogens is 252 g/mol. The maximum atomic E-state index is 11.6. The Morgan fingerprint density at radius 1 is 1.56 bits per heavy atom. The summed E-state index contributed by atoms with van der Waals surface area (Å²) in [4.78, 5) is 21.0. The van der Waals surface area contributed by atoms with Gasteiger partial charge in [-0.3, -0.25) is 0 Å². The van der Waals surface area contributed by atoms with Gasteiger partial charge in [0.15, 0.2) is 0 Å². The summed E-state index contributed by atoms with van der Waals surface area (Å²) < 4.78 is 4.70. The second-order valence-corrected chi connectivity index (χ2v) is 5.16. The first kappa shape index (κ1) is 11.2. The van der Waals surface area contributed by atoms with Gasteiger partial charge in [-0.15, -0.1) is 11.3 Å². The van der Waals surface area contributed by atoms with Gasteiger partial charge in [0.25, 0.3) is 0 Å². The number of fused-ring (bicyclic) bond motifs is 1. The molecule has 3 N–H and O–H groups in total. The minimum absolute atomic E-state index is 0.381. The summed E-state index contributed by atoms with van der Waals surface area (Å²) in [5, 5.41) is 4.01. The van der Waals surface area contributed by atoms with Crippen molar-refractivity contribution >= 4 is 39.0 Å². The van der Waals surface area contributed by atoms with Gasteiger partial charge in [0.05, 0.1) is 18.2 Å². The monoisotopic (exact) mass is 264 g/mol. The highest BCUT2D eigenvalue weighted by atomic mass is 32.1. The Kier molecular flexibility index (Phi) is 2.55. The number of esters is 1. The summed E-state index contributed by atoms with van der Waals surface area (Å²) in [7, 11) is 1.33. The highest BCUT2D eigenvalue weighted by molar-refractivity contribution is 7.21. The van der Waals surface area contributed by atoms with E-state index in [1.807, 2.05) is 0 Å². The Balaban J connectivity index is 2.13. The molecule has 1 saturated carbocycles. The Morgan fingerprint density at radius 2 is 2.33 bits per heavy atom. The molecule has 0 unspecified atom stereocenters. The molecule has 1 aliphatic carbocycles. The van der Waals surface area contributed by atoms with Crippen LogP contribution in [0.1, 0.15) is 22.5 Å². The standard InChI is InChI=1S/C11H12N4O2S/c1-17-11(16)8-7(12)6-9(15-5-2-3-5)13-4-14-10(6)18-8/h4-5H,2-3,12H2,1H3,(H,13,14,15). The smallest absolute Gasteiger partial charge is 0.350 e. The number of nitrogen functional groups attached to an aromatic ring is 1. The summed E-state index contributed by atoms with van der Waals surface area (Å²) in [5.41, 5.74) is 6.40. The van der Waals surface area contributed by atoms with E-state index in [1.54, 1.807) is 0 Å². The Morgan fingerprint density at radius 3 is 3.00 bits per heavy atom. The lowest BCUT2D eigenvalue weighted by Gasteiger charge is -2.04. The predicted molar refractivity (Wildman–Crippen MR) is 69.8 cm³/mol. The summed E-state index contributed by atoms with van der Waals surface area (Å²) in [6, 6.07) is 0.462. The molecule has 2 aromatic heterocycles. The summed E-state index contributed by atoms with van der Waals surface area (Å²) >= 11 is 1.23. The first-order valence-electron chi connectivity index (χ1n) is 5.58. The van der Waals surface area contributed by atoms with Crippen LogP contribution in [0.4, 0.5) is 11.5 Å². The number of hydrogen-bond donors (Lipinski definition) is 2. The van der Waals surface area contributed by atoms with E-state index in [0.29, 0.717) is 27.3 Å². The van der Waals surface area contributed by atoms with Crippen LogP contribution in [-0.2, 0) is 4.74 Å². The fraction of sp³-hybridized carbons (Fsp3) is 0.364. The first-order chi connectivity index (χ1) is 8.70.